The highest BCUT2D eigenvalue weighted by Gasteiger charge is 2.17. The number of rotatable bonds is 7. The summed E-state index contributed by atoms with van der Waals surface area (Å²) in [7, 11) is 0. The van der Waals surface area contributed by atoms with E-state index < -0.39 is 0 Å². The predicted molar refractivity (Wildman–Crippen MR) is 99.8 cm³/mol. The SMILES string of the molecule is C=CCn1c(SCCCO)nc2scc(-c3cccs3)c2c1=O. The summed E-state index contributed by atoms with van der Waals surface area (Å²) in [5.74, 6) is 0.731. The van der Waals surface area contributed by atoms with E-state index in [4.69, 9.17) is 5.11 Å². The highest BCUT2D eigenvalue weighted by atomic mass is 32.2. The summed E-state index contributed by atoms with van der Waals surface area (Å²) in [6.45, 7) is 4.32. The Morgan fingerprint density at radius 3 is 3.00 bits per heavy atom. The van der Waals surface area contributed by atoms with Gasteiger partial charge in [0.1, 0.15) is 4.83 Å². The average Bonchev–Trinajstić information content (AvgIpc) is 3.20. The summed E-state index contributed by atoms with van der Waals surface area (Å²) < 4.78 is 1.67. The summed E-state index contributed by atoms with van der Waals surface area (Å²) >= 11 is 4.62. The molecule has 0 aromatic carbocycles. The van der Waals surface area contributed by atoms with Crippen LogP contribution in [0.4, 0.5) is 0 Å². The molecule has 3 rings (SSSR count). The maximum absolute atomic E-state index is 13.0. The van der Waals surface area contributed by atoms with E-state index in [0.29, 0.717) is 23.5 Å². The molecule has 3 heterocycles. The van der Waals surface area contributed by atoms with Crippen LogP contribution in [-0.4, -0.2) is 27.0 Å². The molecule has 23 heavy (non-hydrogen) atoms. The molecule has 3 aromatic rings. The molecule has 1 N–H and O–H groups in total. The Labute approximate surface area is 146 Å². The zero-order chi connectivity index (χ0) is 16.2. The monoisotopic (exact) mass is 364 g/mol. The largest absolute Gasteiger partial charge is 0.396 e. The number of nitrogens with zero attached hydrogens (tertiary/aromatic N) is 2. The molecule has 0 saturated heterocycles. The number of fused-ring (bicyclic) bond motifs is 1. The third-order valence-electron chi connectivity index (χ3n) is 3.29. The van der Waals surface area contributed by atoms with Gasteiger partial charge in [-0.15, -0.1) is 29.3 Å². The molecular weight excluding hydrogens is 348 g/mol. The number of thiophene rings is 2. The highest BCUT2D eigenvalue weighted by Crippen LogP contribution is 2.34. The molecule has 0 radical (unpaired) electrons. The molecule has 0 aliphatic rings. The van der Waals surface area contributed by atoms with Crippen LogP contribution in [0.2, 0.25) is 0 Å². The first-order chi connectivity index (χ1) is 11.3. The van der Waals surface area contributed by atoms with Crippen LogP contribution < -0.4 is 5.56 Å². The van der Waals surface area contributed by atoms with Crippen molar-refractivity contribution in [2.24, 2.45) is 0 Å². The van der Waals surface area contributed by atoms with Crippen LogP contribution in [0, 0.1) is 0 Å². The van der Waals surface area contributed by atoms with Gasteiger partial charge in [-0.2, -0.15) is 0 Å². The molecule has 0 aliphatic carbocycles. The van der Waals surface area contributed by atoms with Crippen molar-refractivity contribution in [3.8, 4) is 10.4 Å². The first-order valence-electron chi connectivity index (χ1n) is 7.16. The van der Waals surface area contributed by atoms with Crippen molar-refractivity contribution in [3.05, 3.63) is 45.9 Å². The number of aromatic nitrogens is 2. The number of aliphatic hydroxyl groups is 1. The van der Waals surface area contributed by atoms with E-state index in [9.17, 15) is 4.79 Å². The molecule has 0 spiro atoms. The Bertz CT molecular complexity index is 865. The van der Waals surface area contributed by atoms with Gasteiger partial charge in [-0.3, -0.25) is 9.36 Å². The first kappa shape index (κ1) is 16.4. The van der Waals surface area contributed by atoms with E-state index >= 15 is 0 Å². The van der Waals surface area contributed by atoms with Crippen molar-refractivity contribution in [3.63, 3.8) is 0 Å². The lowest BCUT2D eigenvalue weighted by Gasteiger charge is -2.10. The van der Waals surface area contributed by atoms with Gasteiger partial charge in [0.25, 0.3) is 5.56 Å². The van der Waals surface area contributed by atoms with Gasteiger partial charge in [-0.05, 0) is 17.9 Å². The van der Waals surface area contributed by atoms with Gasteiger partial charge in [0, 0.05) is 34.7 Å². The lowest BCUT2D eigenvalue weighted by molar-refractivity contribution is 0.296. The van der Waals surface area contributed by atoms with Crippen molar-refractivity contribution in [2.45, 2.75) is 18.1 Å². The van der Waals surface area contributed by atoms with E-state index in [-0.39, 0.29) is 12.2 Å². The average molecular weight is 365 g/mol. The fraction of sp³-hybridized carbons (Fsp3) is 0.250. The summed E-state index contributed by atoms with van der Waals surface area (Å²) in [6.07, 6.45) is 2.39. The number of thioether (sulfide) groups is 1. The van der Waals surface area contributed by atoms with Crippen molar-refractivity contribution < 1.29 is 5.11 Å². The van der Waals surface area contributed by atoms with Crippen molar-refractivity contribution >= 4 is 44.7 Å². The van der Waals surface area contributed by atoms with Crippen molar-refractivity contribution in [1.29, 1.82) is 0 Å². The Morgan fingerprint density at radius 2 is 2.30 bits per heavy atom. The molecule has 3 aromatic heterocycles. The van der Waals surface area contributed by atoms with E-state index in [2.05, 4.69) is 11.6 Å². The summed E-state index contributed by atoms with van der Waals surface area (Å²) in [5.41, 5.74) is 0.938. The lowest BCUT2D eigenvalue weighted by atomic mass is 10.2. The van der Waals surface area contributed by atoms with E-state index in [1.165, 1.54) is 23.1 Å². The molecule has 0 bridgehead atoms. The van der Waals surface area contributed by atoms with Crippen LogP contribution in [0.15, 0.2) is 45.5 Å². The minimum atomic E-state index is -0.0222. The molecule has 0 saturated carbocycles. The van der Waals surface area contributed by atoms with Crippen LogP contribution in [0.1, 0.15) is 6.42 Å². The minimum Gasteiger partial charge on any atom is -0.396 e. The fourth-order valence-electron chi connectivity index (χ4n) is 2.25. The maximum Gasteiger partial charge on any atom is 0.263 e. The van der Waals surface area contributed by atoms with E-state index in [1.807, 2.05) is 22.9 Å². The minimum absolute atomic E-state index is 0.0222. The van der Waals surface area contributed by atoms with E-state index in [0.717, 1.165) is 21.0 Å². The molecule has 0 unspecified atom stereocenters. The van der Waals surface area contributed by atoms with Crippen molar-refractivity contribution in [2.75, 3.05) is 12.4 Å². The van der Waals surface area contributed by atoms with Gasteiger partial charge in [0.05, 0.1) is 5.39 Å². The highest BCUT2D eigenvalue weighted by molar-refractivity contribution is 7.99. The van der Waals surface area contributed by atoms with Gasteiger partial charge in [-0.25, -0.2) is 4.98 Å². The zero-order valence-corrected chi connectivity index (χ0v) is 14.8. The molecule has 7 heteroatoms. The molecule has 0 amide bonds. The lowest BCUT2D eigenvalue weighted by Crippen LogP contribution is -2.22. The number of hydrogen-bond donors (Lipinski definition) is 1. The summed E-state index contributed by atoms with van der Waals surface area (Å²) in [5, 5.41) is 14.3. The molecular formula is C16H16N2O2S3. The van der Waals surface area contributed by atoms with Gasteiger partial charge in [0.15, 0.2) is 5.16 Å². The maximum atomic E-state index is 13.0. The van der Waals surface area contributed by atoms with Gasteiger partial charge in [0.2, 0.25) is 0 Å². The van der Waals surface area contributed by atoms with Crippen LogP contribution in [-0.2, 0) is 6.54 Å². The van der Waals surface area contributed by atoms with Gasteiger partial charge >= 0.3 is 0 Å². The third-order valence-corrected chi connectivity index (χ3v) is 6.13. The molecule has 0 fully saturated rings. The van der Waals surface area contributed by atoms with Crippen LogP contribution in [0.25, 0.3) is 20.7 Å². The van der Waals surface area contributed by atoms with Gasteiger partial charge < -0.3 is 5.11 Å². The zero-order valence-electron chi connectivity index (χ0n) is 12.4. The summed E-state index contributed by atoms with van der Waals surface area (Å²) in [4.78, 5) is 19.5. The van der Waals surface area contributed by atoms with E-state index in [1.54, 1.807) is 22.0 Å². The van der Waals surface area contributed by atoms with Crippen LogP contribution in [0.5, 0.6) is 0 Å². The van der Waals surface area contributed by atoms with Crippen LogP contribution >= 0.6 is 34.4 Å². The second kappa shape index (κ2) is 7.44. The van der Waals surface area contributed by atoms with Crippen LogP contribution in [0.3, 0.4) is 0 Å². The smallest absolute Gasteiger partial charge is 0.263 e. The quantitative estimate of drug-likeness (QED) is 0.299. The third kappa shape index (κ3) is 3.28. The Hall–Kier alpha value is -1.41. The molecule has 4 nitrogen and oxygen atoms in total. The second-order valence-corrected chi connectivity index (χ2v) is 7.70. The second-order valence-electron chi connectivity index (χ2n) is 4.83. The number of allylic oxidation sites excluding steroid dienone is 1. The first-order valence-corrected chi connectivity index (χ1v) is 9.91. The Kier molecular flexibility index (Phi) is 5.32. The normalized spacial score (nSPS) is 11.2. The molecule has 0 atom stereocenters. The Morgan fingerprint density at radius 1 is 1.43 bits per heavy atom. The van der Waals surface area contributed by atoms with Gasteiger partial charge in [-0.1, -0.05) is 23.9 Å². The molecule has 0 aliphatic heterocycles. The number of hydrogen-bond acceptors (Lipinski definition) is 6. The fourth-order valence-corrected chi connectivity index (χ4v) is 4.98. The number of aliphatic hydroxyl groups excluding tert-OH is 1. The topological polar surface area (TPSA) is 55.1 Å². The standard InChI is InChI=1S/C16H16N2O2S3/c1-2-6-18-15(20)13-11(12-5-3-8-21-12)10-23-14(13)17-16(18)22-9-4-7-19/h2-3,5,8,10,19H,1,4,6-7,9H2. The summed E-state index contributed by atoms with van der Waals surface area (Å²) in [6, 6.07) is 4.01. The Balaban J connectivity index is 2.14. The van der Waals surface area contributed by atoms with Crippen molar-refractivity contribution in [1.82, 2.24) is 9.55 Å². The predicted octanol–water partition coefficient (Wildman–Crippen LogP) is 3.85. The molecule has 120 valence electrons.